The van der Waals surface area contributed by atoms with Crippen LogP contribution in [-0.4, -0.2) is 54.1 Å². The maximum absolute atomic E-state index is 6.31. The van der Waals surface area contributed by atoms with E-state index in [1.165, 1.54) is 77.5 Å². The number of fused-ring (bicyclic) bond motifs is 1. The second-order valence-corrected chi connectivity index (χ2v) is 7.41. The van der Waals surface area contributed by atoms with Crippen LogP contribution in [0.5, 0.6) is 0 Å². The van der Waals surface area contributed by atoms with Gasteiger partial charge in [-0.05, 0) is 70.5 Å². The number of hydrogen-bond acceptors (Lipinski definition) is 3. The van der Waals surface area contributed by atoms with Crippen molar-refractivity contribution in [2.45, 2.75) is 69.9 Å². The first-order valence-electron chi connectivity index (χ1n) is 8.96. The molecule has 0 aliphatic carbocycles. The predicted octanol–water partition coefficient (Wildman–Crippen LogP) is 2.45. The SMILES string of the molecule is CCC1CCCN(C2(CN)CCN3CCCC3C2)CC1. The molecule has 3 aliphatic heterocycles. The van der Waals surface area contributed by atoms with Crippen LogP contribution in [0.2, 0.25) is 0 Å². The fourth-order valence-corrected chi connectivity index (χ4v) is 4.96. The quantitative estimate of drug-likeness (QED) is 0.861. The standard InChI is InChI=1S/C17H33N3/c1-2-15-5-3-10-20(11-7-15)17(14-18)8-12-19-9-4-6-16(19)13-17/h15-16H,2-14,18H2,1H3. The van der Waals surface area contributed by atoms with Crippen LogP contribution in [0.15, 0.2) is 0 Å². The monoisotopic (exact) mass is 279 g/mol. The molecule has 116 valence electrons. The molecule has 0 saturated carbocycles. The molecular weight excluding hydrogens is 246 g/mol. The number of hydrogen-bond donors (Lipinski definition) is 1. The molecule has 3 nitrogen and oxygen atoms in total. The van der Waals surface area contributed by atoms with E-state index in [1.807, 2.05) is 0 Å². The molecule has 20 heavy (non-hydrogen) atoms. The van der Waals surface area contributed by atoms with Gasteiger partial charge in [-0.1, -0.05) is 13.3 Å². The van der Waals surface area contributed by atoms with Crippen molar-refractivity contribution in [3.8, 4) is 0 Å². The first-order valence-corrected chi connectivity index (χ1v) is 8.96. The van der Waals surface area contributed by atoms with Crippen molar-refractivity contribution < 1.29 is 0 Å². The Bertz CT molecular complexity index is 319. The van der Waals surface area contributed by atoms with E-state index in [0.29, 0.717) is 5.54 Å². The summed E-state index contributed by atoms with van der Waals surface area (Å²) in [6, 6.07) is 0.831. The number of rotatable bonds is 3. The average Bonchev–Trinajstić information content (AvgIpc) is 2.81. The third kappa shape index (κ3) is 2.77. The summed E-state index contributed by atoms with van der Waals surface area (Å²) in [5.41, 5.74) is 6.64. The summed E-state index contributed by atoms with van der Waals surface area (Å²) in [7, 11) is 0. The average molecular weight is 279 g/mol. The first-order chi connectivity index (χ1) is 9.77. The van der Waals surface area contributed by atoms with Crippen LogP contribution in [0.4, 0.5) is 0 Å². The van der Waals surface area contributed by atoms with Crippen LogP contribution in [0, 0.1) is 5.92 Å². The van der Waals surface area contributed by atoms with Gasteiger partial charge < -0.3 is 10.6 Å². The normalized spacial score (nSPS) is 40.5. The summed E-state index contributed by atoms with van der Waals surface area (Å²) in [6.45, 7) is 8.44. The number of nitrogens with two attached hydrogens (primary N) is 1. The van der Waals surface area contributed by atoms with Gasteiger partial charge in [-0.2, -0.15) is 0 Å². The number of piperidine rings is 1. The van der Waals surface area contributed by atoms with Crippen molar-refractivity contribution in [1.82, 2.24) is 9.80 Å². The number of likely N-dealkylation sites (tertiary alicyclic amines) is 1. The Labute approximate surface area is 124 Å². The van der Waals surface area contributed by atoms with Gasteiger partial charge in [-0.15, -0.1) is 0 Å². The maximum atomic E-state index is 6.31. The Morgan fingerprint density at radius 2 is 1.90 bits per heavy atom. The Hall–Kier alpha value is -0.120. The summed E-state index contributed by atoms with van der Waals surface area (Å²) in [4.78, 5) is 5.53. The summed E-state index contributed by atoms with van der Waals surface area (Å²) >= 11 is 0. The maximum Gasteiger partial charge on any atom is 0.0358 e. The summed E-state index contributed by atoms with van der Waals surface area (Å²) in [6.07, 6.45) is 11.0. The highest BCUT2D eigenvalue weighted by molar-refractivity contribution is 5.02. The molecule has 3 heterocycles. The van der Waals surface area contributed by atoms with Gasteiger partial charge in [0.2, 0.25) is 0 Å². The van der Waals surface area contributed by atoms with Crippen molar-refractivity contribution in [2.75, 3.05) is 32.7 Å². The highest BCUT2D eigenvalue weighted by Gasteiger charge is 2.44. The largest absolute Gasteiger partial charge is 0.329 e. The van der Waals surface area contributed by atoms with Crippen LogP contribution < -0.4 is 5.73 Å². The molecule has 0 bridgehead atoms. The van der Waals surface area contributed by atoms with Gasteiger partial charge in [0.25, 0.3) is 0 Å². The molecule has 0 radical (unpaired) electrons. The van der Waals surface area contributed by atoms with E-state index in [2.05, 4.69) is 16.7 Å². The minimum absolute atomic E-state index is 0.328. The van der Waals surface area contributed by atoms with Gasteiger partial charge in [-0.3, -0.25) is 4.90 Å². The van der Waals surface area contributed by atoms with E-state index in [-0.39, 0.29) is 0 Å². The van der Waals surface area contributed by atoms with Gasteiger partial charge >= 0.3 is 0 Å². The summed E-state index contributed by atoms with van der Waals surface area (Å²) in [5.74, 6) is 0.960. The lowest BCUT2D eigenvalue weighted by atomic mass is 9.81. The Morgan fingerprint density at radius 1 is 1.05 bits per heavy atom. The molecule has 3 aliphatic rings. The zero-order valence-electron chi connectivity index (χ0n) is 13.3. The highest BCUT2D eigenvalue weighted by atomic mass is 15.3. The zero-order chi connectivity index (χ0) is 14.0. The van der Waals surface area contributed by atoms with E-state index in [1.54, 1.807) is 0 Å². The molecule has 3 fully saturated rings. The second-order valence-electron chi connectivity index (χ2n) is 7.41. The third-order valence-corrected chi connectivity index (χ3v) is 6.45. The Kier molecular flexibility index (Phi) is 4.68. The molecule has 0 aromatic heterocycles. The van der Waals surface area contributed by atoms with Crippen LogP contribution in [0.3, 0.4) is 0 Å². The first kappa shape index (κ1) is 14.8. The molecular formula is C17H33N3. The molecule has 0 aromatic carbocycles. The van der Waals surface area contributed by atoms with Crippen LogP contribution in [0.25, 0.3) is 0 Å². The van der Waals surface area contributed by atoms with E-state index in [9.17, 15) is 0 Å². The lowest BCUT2D eigenvalue weighted by Crippen LogP contribution is -2.61. The van der Waals surface area contributed by atoms with Crippen molar-refractivity contribution in [2.24, 2.45) is 11.7 Å². The molecule has 3 unspecified atom stereocenters. The molecule has 0 aromatic rings. The van der Waals surface area contributed by atoms with Crippen molar-refractivity contribution in [3.63, 3.8) is 0 Å². The molecule has 0 spiro atoms. The summed E-state index contributed by atoms with van der Waals surface area (Å²) in [5, 5.41) is 0. The van der Waals surface area contributed by atoms with E-state index in [4.69, 9.17) is 5.73 Å². The highest BCUT2D eigenvalue weighted by Crippen LogP contribution is 2.38. The molecule has 3 saturated heterocycles. The van der Waals surface area contributed by atoms with Gasteiger partial charge in [0.15, 0.2) is 0 Å². The predicted molar refractivity (Wildman–Crippen MR) is 84.8 cm³/mol. The smallest absolute Gasteiger partial charge is 0.0358 e. The molecule has 2 N–H and O–H groups in total. The van der Waals surface area contributed by atoms with Crippen LogP contribution >= 0.6 is 0 Å². The van der Waals surface area contributed by atoms with E-state index >= 15 is 0 Å². The van der Waals surface area contributed by atoms with Crippen LogP contribution in [0.1, 0.15) is 58.3 Å². The minimum atomic E-state index is 0.328. The minimum Gasteiger partial charge on any atom is -0.329 e. The third-order valence-electron chi connectivity index (χ3n) is 6.45. The van der Waals surface area contributed by atoms with Crippen LogP contribution in [-0.2, 0) is 0 Å². The van der Waals surface area contributed by atoms with E-state index in [0.717, 1.165) is 18.5 Å². The van der Waals surface area contributed by atoms with Crippen molar-refractivity contribution in [3.05, 3.63) is 0 Å². The molecule has 3 atom stereocenters. The van der Waals surface area contributed by atoms with Crippen molar-refractivity contribution in [1.29, 1.82) is 0 Å². The Balaban J connectivity index is 1.68. The van der Waals surface area contributed by atoms with Gasteiger partial charge in [0.05, 0.1) is 0 Å². The topological polar surface area (TPSA) is 32.5 Å². The molecule has 3 heteroatoms. The Morgan fingerprint density at radius 3 is 2.70 bits per heavy atom. The number of nitrogens with zero attached hydrogens (tertiary/aromatic N) is 2. The summed E-state index contributed by atoms with van der Waals surface area (Å²) < 4.78 is 0. The second kappa shape index (κ2) is 6.33. The zero-order valence-corrected chi connectivity index (χ0v) is 13.3. The molecule has 3 rings (SSSR count). The fourth-order valence-electron chi connectivity index (χ4n) is 4.96. The van der Waals surface area contributed by atoms with Gasteiger partial charge in [0.1, 0.15) is 0 Å². The van der Waals surface area contributed by atoms with Crippen molar-refractivity contribution >= 4 is 0 Å². The molecule has 0 amide bonds. The fraction of sp³-hybridized carbons (Fsp3) is 1.00. The van der Waals surface area contributed by atoms with Gasteiger partial charge in [0, 0.05) is 24.7 Å². The van der Waals surface area contributed by atoms with E-state index < -0.39 is 0 Å². The van der Waals surface area contributed by atoms with Gasteiger partial charge in [-0.25, -0.2) is 0 Å². The lowest BCUT2D eigenvalue weighted by molar-refractivity contribution is 0.0116. The lowest BCUT2D eigenvalue weighted by Gasteiger charge is -2.50.